The van der Waals surface area contributed by atoms with Crippen LogP contribution in [0.4, 0.5) is 0 Å². The topological polar surface area (TPSA) is 51.2 Å². The second-order valence-electron chi connectivity index (χ2n) is 5.02. The lowest BCUT2D eigenvalue weighted by molar-refractivity contribution is -0.116. The molecule has 1 aromatic rings. The minimum absolute atomic E-state index is 0.00394. The van der Waals surface area contributed by atoms with Crippen LogP contribution in [0.2, 0.25) is 0 Å². The van der Waals surface area contributed by atoms with Crippen molar-refractivity contribution < 1.29 is 13.2 Å². The lowest BCUT2D eigenvalue weighted by Crippen LogP contribution is -2.22. The van der Waals surface area contributed by atoms with Crippen LogP contribution >= 0.6 is 0 Å². The van der Waals surface area contributed by atoms with Gasteiger partial charge in [-0.1, -0.05) is 29.3 Å². The van der Waals surface area contributed by atoms with Crippen molar-refractivity contribution in [3.8, 4) is 0 Å². The molecule has 0 aliphatic heterocycles. The van der Waals surface area contributed by atoms with Gasteiger partial charge in [0.05, 0.1) is 11.0 Å². The van der Waals surface area contributed by atoms with Crippen LogP contribution in [0.1, 0.15) is 37.0 Å². The molecule has 3 nitrogen and oxygen atoms in total. The van der Waals surface area contributed by atoms with Crippen molar-refractivity contribution in [3.05, 3.63) is 34.9 Å². The number of carbonyl (C=O) groups excluding carboxylic acids is 1. The van der Waals surface area contributed by atoms with Crippen molar-refractivity contribution in [1.82, 2.24) is 0 Å². The van der Waals surface area contributed by atoms with Crippen molar-refractivity contribution in [2.75, 3.05) is 0 Å². The highest BCUT2D eigenvalue weighted by Crippen LogP contribution is 2.16. The van der Waals surface area contributed by atoms with E-state index < -0.39 is 15.1 Å². The van der Waals surface area contributed by atoms with Crippen LogP contribution in [-0.2, 0) is 20.4 Å². The number of benzene rings is 1. The van der Waals surface area contributed by atoms with Crippen molar-refractivity contribution in [2.24, 2.45) is 0 Å². The molecule has 100 valence electrons. The lowest BCUT2D eigenvalue weighted by atomic mass is 10.1. The highest BCUT2D eigenvalue weighted by molar-refractivity contribution is 7.91. The summed E-state index contributed by atoms with van der Waals surface area (Å²) in [6.07, 6.45) is 0.0904. The molecule has 0 saturated carbocycles. The van der Waals surface area contributed by atoms with E-state index in [1.165, 1.54) is 6.92 Å². The normalized spacial score (nSPS) is 13.3. The second-order valence-corrected chi connectivity index (χ2v) is 7.44. The average Bonchev–Trinajstić information content (AvgIpc) is 2.13. The van der Waals surface area contributed by atoms with Gasteiger partial charge in [-0.3, -0.25) is 4.79 Å². The van der Waals surface area contributed by atoms with E-state index >= 15 is 0 Å². The van der Waals surface area contributed by atoms with Crippen molar-refractivity contribution >= 4 is 15.6 Å². The Morgan fingerprint density at radius 2 is 1.67 bits per heavy atom. The van der Waals surface area contributed by atoms with Gasteiger partial charge in [0.1, 0.15) is 5.78 Å². The van der Waals surface area contributed by atoms with Crippen molar-refractivity contribution in [3.63, 3.8) is 0 Å². The number of Topliss-reactive ketones (excluding diaryl/α,β-unsaturated/α-hetero) is 1. The zero-order valence-corrected chi connectivity index (χ0v) is 12.2. The van der Waals surface area contributed by atoms with Crippen molar-refractivity contribution in [2.45, 2.75) is 45.1 Å². The lowest BCUT2D eigenvalue weighted by Gasteiger charge is -2.12. The molecule has 0 spiro atoms. The molecule has 0 radical (unpaired) electrons. The zero-order chi connectivity index (χ0) is 13.9. The Morgan fingerprint density at radius 1 is 1.17 bits per heavy atom. The maximum Gasteiger partial charge on any atom is 0.157 e. The van der Waals surface area contributed by atoms with Gasteiger partial charge >= 0.3 is 0 Å². The van der Waals surface area contributed by atoms with Crippen LogP contribution in [0.25, 0.3) is 0 Å². The molecule has 0 aromatic heterocycles. The summed E-state index contributed by atoms with van der Waals surface area (Å²) < 4.78 is 24.2. The molecule has 1 rings (SSSR count). The fourth-order valence-corrected chi connectivity index (χ4v) is 3.46. The van der Waals surface area contributed by atoms with E-state index in [0.717, 1.165) is 16.7 Å². The van der Waals surface area contributed by atoms with Gasteiger partial charge in [-0.2, -0.15) is 0 Å². The predicted octanol–water partition coefficient (Wildman–Crippen LogP) is 2.59. The number of hydrogen-bond donors (Lipinski definition) is 0. The number of ketones is 1. The highest BCUT2D eigenvalue weighted by Gasteiger charge is 2.22. The van der Waals surface area contributed by atoms with E-state index in [2.05, 4.69) is 0 Å². The molecule has 1 atom stereocenters. The average molecular weight is 268 g/mol. The van der Waals surface area contributed by atoms with Crippen LogP contribution in [-0.4, -0.2) is 19.5 Å². The van der Waals surface area contributed by atoms with Gasteiger partial charge < -0.3 is 0 Å². The number of sulfone groups is 1. The van der Waals surface area contributed by atoms with E-state index in [1.54, 1.807) is 6.92 Å². The summed E-state index contributed by atoms with van der Waals surface area (Å²) in [5.74, 6) is -0.0873. The van der Waals surface area contributed by atoms with E-state index in [9.17, 15) is 13.2 Å². The molecule has 0 amide bonds. The van der Waals surface area contributed by atoms with E-state index in [0.29, 0.717) is 0 Å². The van der Waals surface area contributed by atoms with Gasteiger partial charge in [-0.05, 0) is 33.3 Å². The molecule has 1 aromatic carbocycles. The zero-order valence-electron chi connectivity index (χ0n) is 11.4. The van der Waals surface area contributed by atoms with Crippen LogP contribution in [0.15, 0.2) is 18.2 Å². The number of rotatable bonds is 5. The fraction of sp³-hybridized carbons (Fsp3) is 0.500. The van der Waals surface area contributed by atoms with E-state index in [-0.39, 0.29) is 18.0 Å². The van der Waals surface area contributed by atoms with E-state index in [1.807, 2.05) is 32.0 Å². The Hall–Kier alpha value is -1.16. The maximum absolute atomic E-state index is 12.1. The third-order valence-electron chi connectivity index (χ3n) is 2.84. The molecule has 0 aliphatic carbocycles. The Morgan fingerprint density at radius 3 is 2.11 bits per heavy atom. The summed E-state index contributed by atoms with van der Waals surface area (Å²) >= 11 is 0. The molecular weight excluding hydrogens is 248 g/mol. The Labute approximate surface area is 109 Å². The molecule has 0 bridgehead atoms. The monoisotopic (exact) mass is 268 g/mol. The molecule has 4 heteroatoms. The first-order chi connectivity index (χ1) is 8.20. The van der Waals surface area contributed by atoms with Gasteiger partial charge in [0.25, 0.3) is 0 Å². The maximum atomic E-state index is 12.1. The summed E-state index contributed by atoms with van der Waals surface area (Å²) in [5, 5.41) is -0.615. The molecule has 18 heavy (non-hydrogen) atoms. The van der Waals surface area contributed by atoms with Crippen LogP contribution < -0.4 is 0 Å². The van der Waals surface area contributed by atoms with Gasteiger partial charge in [0.15, 0.2) is 9.84 Å². The highest BCUT2D eigenvalue weighted by atomic mass is 32.2. The standard InChI is InChI=1S/C14H20O3S/c1-10-5-11(2)7-14(6-10)9-18(16,17)13(4)8-12(3)15/h5-7,13H,8-9H2,1-4H3. The number of carbonyl (C=O) groups is 1. The third kappa shape index (κ3) is 4.26. The van der Waals surface area contributed by atoms with Crippen LogP contribution in [0.5, 0.6) is 0 Å². The SMILES string of the molecule is CC(=O)CC(C)S(=O)(=O)Cc1cc(C)cc(C)c1. The fourth-order valence-electron chi connectivity index (χ4n) is 2.06. The molecule has 0 N–H and O–H groups in total. The summed E-state index contributed by atoms with van der Waals surface area (Å²) in [6, 6.07) is 5.77. The first kappa shape index (κ1) is 14.9. The van der Waals surface area contributed by atoms with Gasteiger partial charge in [0, 0.05) is 6.42 Å². The molecule has 0 fully saturated rings. The molecule has 0 heterocycles. The van der Waals surface area contributed by atoms with Crippen LogP contribution in [0.3, 0.4) is 0 Å². The van der Waals surface area contributed by atoms with Gasteiger partial charge in [0.2, 0.25) is 0 Å². The summed E-state index contributed by atoms with van der Waals surface area (Å²) in [4.78, 5) is 11.0. The molecule has 0 saturated heterocycles. The number of aryl methyl sites for hydroxylation is 2. The summed E-state index contributed by atoms with van der Waals surface area (Å²) in [7, 11) is -3.26. The smallest absolute Gasteiger partial charge is 0.157 e. The largest absolute Gasteiger partial charge is 0.300 e. The molecule has 1 unspecified atom stereocenters. The quantitative estimate of drug-likeness (QED) is 0.824. The molecular formula is C14H20O3S. The summed E-state index contributed by atoms with van der Waals surface area (Å²) in [5.41, 5.74) is 2.90. The predicted molar refractivity (Wildman–Crippen MR) is 73.3 cm³/mol. The Kier molecular flexibility index (Phi) is 4.68. The minimum atomic E-state index is -3.26. The van der Waals surface area contributed by atoms with Crippen molar-refractivity contribution in [1.29, 1.82) is 0 Å². The Balaban J connectivity index is 2.91. The summed E-state index contributed by atoms with van der Waals surface area (Å²) in [6.45, 7) is 6.91. The second kappa shape index (κ2) is 5.65. The van der Waals surface area contributed by atoms with Crippen LogP contribution in [0, 0.1) is 13.8 Å². The molecule has 0 aliphatic rings. The van der Waals surface area contributed by atoms with Gasteiger partial charge in [-0.15, -0.1) is 0 Å². The van der Waals surface area contributed by atoms with Gasteiger partial charge in [-0.25, -0.2) is 8.42 Å². The first-order valence-corrected chi connectivity index (χ1v) is 7.70. The van der Waals surface area contributed by atoms with E-state index in [4.69, 9.17) is 0 Å². The third-order valence-corrected chi connectivity index (χ3v) is 4.97. The first-order valence-electron chi connectivity index (χ1n) is 5.99. The number of hydrogen-bond acceptors (Lipinski definition) is 3. The minimum Gasteiger partial charge on any atom is -0.300 e. The Bertz CT molecular complexity index is 524.